The molecule has 0 bridgehead atoms. The number of ether oxygens (including phenoxy) is 3. The minimum Gasteiger partial charge on any atom is -0.462 e. The molecule has 0 amide bonds. The molecule has 1 aromatic heterocycles. The molecule has 1 aliphatic rings. The van der Waals surface area contributed by atoms with Crippen LogP contribution in [0.1, 0.15) is 155 Å². The highest BCUT2D eigenvalue weighted by Crippen LogP contribution is 2.60. The van der Waals surface area contributed by atoms with Gasteiger partial charge in [0, 0.05) is 19.0 Å². The minimum absolute atomic E-state index is 0.0893. The SMILES string of the molecule is CC/C=C\C/C=C\C/C=C\C/C=C\C=C/C(O)C/C=C\CCC(=O)O[C@H](COC(=O)CCCCCCCCCCCCCCC)COP(=O)(O)OP(=O)(O)OC[C@H]1O[C@@H](n2ccc(N)nc2=O)[C@H](O)[C@@H]1O. The van der Waals surface area contributed by atoms with E-state index in [0.29, 0.717) is 6.42 Å². The molecule has 0 radical (unpaired) electrons. The number of anilines is 1. The summed E-state index contributed by atoms with van der Waals surface area (Å²) in [6.07, 6.45) is 34.4. The van der Waals surface area contributed by atoms with E-state index in [2.05, 4.69) is 59.6 Å². The molecule has 0 spiro atoms. The fourth-order valence-corrected chi connectivity index (χ4v) is 9.12. The number of nitrogen functional groups attached to an aromatic ring is 1. The number of aromatic nitrogens is 2. The van der Waals surface area contributed by atoms with E-state index in [1.807, 2.05) is 12.2 Å². The number of carbonyl (C=O) groups excluding carboxylic acids is 2. The van der Waals surface area contributed by atoms with Crippen LogP contribution in [0.15, 0.2) is 90.0 Å². The number of rotatable bonds is 40. The van der Waals surface area contributed by atoms with Crippen LogP contribution < -0.4 is 11.4 Å². The largest absolute Gasteiger partial charge is 0.481 e. The van der Waals surface area contributed by atoms with Crippen molar-refractivity contribution in [3.05, 3.63) is 95.7 Å². The van der Waals surface area contributed by atoms with Gasteiger partial charge in [-0.2, -0.15) is 9.29 Å². The van der Waals surface area contributed by atoms with E-state index in [4.69, 9.17) is 29.0 Å². The Hall–Kier alpha value is -3.84. The lowest BCUT2D eigenvalue weighted by molar-refractivity contribution is -0.161. The van der Waals surface area contributed by atoms with Gasteiger partial charge in [0.05, 0.1) is 19.3 Å². The molecular weight excluding hydrogens is 961 g/mol. The first-order chi connectivity index (χ1) is 34.1. The standard InChI is InChI=1S/C50H81N3O16P2/c1-3-5-7-9-11-13-15-17-19-21-23-25-28-32-41(54)33-29-27-31-35-46(56)67-42(38-64-45(55)34-30-26-24-22-20-18-16-14-12-10-8-6-4-2)39-65-70(60,61)69-71(62,63)66-40-43-47(57)48(58)49(68-43)53-37-36-44(51)52-50(53)59/h5,7,11,13,17,19,23,25,27-29,32,36-37,41-43,47-49,54,57-58H,3-4,6,8-10,12,14-16,18,20-22,24,26,30-31,33-35,38-40H2,1-2H3,(H,60,61)(H,62,63)(H2,51,52,59)/b7-5-,13-11-,19-17-,25-23-,29-27-,32-28-/t41?,42-,43-,47-,48-,49-/m1/s1. The molecule has 8 atom stereocenters. The lowest BCUT2D eigenvalue weighted by atomic mass is 10.0. The van der Waals surface area contributed by atoms with Crippen LogP contribution in [0, 0.1) is 0 Å². The Bertz CT molecular complexity index is 1990. The second kappa shape index (κ2) is 37.8. The van der Waals surface area contributed by atoms with Crippen molar-refractivity contribution >= 4 is 33.4 Å². The molecule has 0 aliphatic carbocycles. The third-order valence-electron chi connectivity index (χ3n) is 10.9. The van der Waals surface area contributed by atoms with Gasteiger partial charge in [0.2, 0.25) is 0 Å². The molecule has 3 unspecified atom stereocenters. The van der Waals surface area contributed by atoms with E-state index in [1.165, 1.54) is 57.4 Å². The third kappa shape index (κ3) is 30.7. The van der Waals surface area contributed by atoms with Crippen molar-refractivity contribution < 1.29 is 71.4 Å². The Morgan fingerprint density at radius 2 is 1.35 bits per heavy atom. The van der Waals surface area contributed by atoms with Crippen molar-refractivity contribution in [2.75, 3.05) is 25.6 Å². The number of carbonyl (C=O) groups is 2. The van der Waals surface area contributed by atoms with Crippen molar-refractivity contribution in [3.8, 4) is 0 Å². The van der Waals surface area contributed by atoms with Gasteiger partial charge in [-0.05, 0) is 51.0 Å². The van der Waals surface area contributed by atoms with Crippen LogP contribution >= 0.6 is 15.6 Å². The Morgan fingerprint density at radius 1 is 0.761 bits per heavy atom. The van der Waals surface area contributed by atoms with Gasteiger partial charge in [-0.3, -0.25) is 23.2 Å². The first-order valence-electron chi connectivity index (χ1n) is 25.1. The average molecular weight is 1040 g/mol. The highest BCUT2D eigenvalue weighted by molar-refractivity contribution is 7.61. The van der Waals surface area contributed by atoms with Gasteiger partial charge >= 0.3 is 33.3 Å². The number of nitrogens with zero attached hydrogens (tertiary/aromatic N) is 2. The minimum atomic E-state index is -5.47. The molecule has 7 N–H and O–H groups in total. The van der Waals surface area contributed by atoms with Gasteiger partial charge in [0.1, 0.15) is 30.7 Å². The fraction of sp³-hybridized carbons (Fsp3) is 0.640. The maximum absolute atomic E-state index is 12.8. The summed E-state index contributed by atoms with van der Waals surface area (Å²) in [5.74, 6) is -1.49. The van der Waals surface area contributed by atoms with Crippen LogP contribution in [0.2, 0.25) is 0 Å². The van der Waals surface area contributed by atoms with Crippen LogP contribution in [0.25, 0.3) is 0 Å². The average Bonchev–Trinajstić information content (AvgIpc) is 3.60. The Balaban J connectivity index is 1.87. The number of phosphoric ester groups is 2. The van der Waals surface area contributed by atoms with Gasteiger partial charge < -0.3 is 45.1 Å². The summed E-state index contributed by atoms with van der Waals surface area (Å²) >= 11 is 0. The van der Waals surface area contributed by atoms with Crippen LogP contribution in [-0.2, 0) is 46.3 Å². The normalized spacial score (nSPS) is 20.2. The third-order valence-corrected chi connectivity index (χ3v) is 13.5. The zero-order valence-electron chi connectivity index (χ0n) is 41.6. The smallest absolute Gasteiger partial charge is 0.462 e. The number of nitrogens with two attached hydrogens (primary N) is 1. The van der Waals surface area contributed by atoms with E-state index >= 15 is 0 Å². The molecule has 0 saturated carbocycles. The number of esters is 2. The Morgan fingerprint density at radius 3 is 1.97 bits per heavy atom. The maximum atomic E-state index is 12.8. The lowest BCUT2D eigenvalue weighted by Crippen LogP contribution is -2.36. The highest BCUT2D eigenvalue weighted by Gasteiger charge is 2.46. The molecule has 0 aromatic carbocycles. The number of phosphoric acid groups is 2. The van der Waals surface area contributed by atoms with Crippen molar-refractivity contribution in [1.29, 1.82) is 0 Å². The maximum Gasteiger partial charge on any atom is 0.481 e. The van der Waals surface area contributed by atoms with Crippen LogP contribution in [0.4, 0.5) is 5.82 Å². The van der Waals surface area contributed by atoms with Gasteiger partial charge in [0.25, 0.3) is 0 Å². The highest BCUT2D eigenvalue weighted by atomic mass is 31.3. The van der Waals surface area contributed by atoms with Crippen LogP contribution in [0.3, 0.4) is 0 Å². The summed E-state index contributed by atoms with van der Waals surface area (Å²) in [7, 11) is -10.9. The molecule has 1 fully saturated rings. The number of aliphatic hydroxyl groups excluding tert-OH is 3. The van der Waals surface area contributed by atoms with Crippen LogP contribution in [-0.4, -0.2) is 96.9 Å². The molecule has 1 saturated heterocycles. The van der Waals surface area contributed by atoms with E-state index in [9.17, 15) is 48.6 Å². The quantitative estimate of drug-likeness (QED) is 0.0117. The predicted octanol–water partition coefficient (Wildman–Crippen LogP) is 9.08. The second-order valence-corrected chi connectivity index (χ2v) is 20.2. The molecule has 1 aromatic rings. The number of allylic oxidation sites excluding steroid dienone is 10. The molecule has 402 valence electrons. The molecule has 19 nitrogen and oxygen atoms in total. The van der Waals surface area contributed by atoms with E-state index < -0.39 is 89.8 Å². The summed E-state index contributed by atoms with van der Waals surface area (Å²) in [4.78, 5) is 61.8. The van der Waals surface area contributed by atoms with E-state index in [1.54, 1.807) is 24.3 Å². The summed E-state index contributed by atoms with van der Waals surface area (Å²) in [5, 5.41) is 31.2. The zero-order chi connectivity index (χ0) is 52.2. The van der Waals surface area contributed by atoms with Gasteiger partial charge in [-0.15, -0.1) is 0 Å². The summed E-state index contributed by atoms with van der Waals surface area (Å²) < 4.78 is 56.6. The van der Waals surface area contributed by atoms with Crippen molar-refractivity contribution in [1.82, 2.24) is 9.55 Å². The lowest BCUT2D eigenvalue weighted by Gasteiger charge is -2.21. The number of aliphatic hydroxyl groups is 3. The summed E-state index contributed by atoms with van der Waals surface area (Å²) in [5.41, 5.74) is 4.57. The first-order valence-corrected chi connectivity index (χ1v) is 28.0. The predicted molar refractivity (Wildman–Crippen MR) is 271 cm³/mol. The van der Waals surface area contributed by atoms with Crippen molar-refractivity contribution in [2.45, 2.75) is 185 Å². The topological polar surface area (TPSA) is 286 Å². The zero-order valence-corrected chi connectivity index (χ0v) is 43.4. The summed E-state index contributed by atoms with van der Waals surface area (Å²) in [6, 6.07) is 1.24. The Labute approximate surface area is 419 Å². The van der Waals surface area contributed by atoms with Gasteiger partial charge in [-0.1, -0.05) is 164 Å². The molecular formula is C50H81N3O16P2. The molecule has 71 heavy (non-hydrogen) atoms. The van der Waals surface area contributed by atoms with Gasteiger partial charge in [0.15, 0.2) is 12.3 Å². The molecule has 21 heteroatoms. The van der Waals surface area contributed by atoms with Crippen LogP contribution in [0.5, 0.6) is 0 Å². The van der Waals surface area contributed by atoms with Crippen molar-refractivity contribution in [3.63, 3.8) is 0 Å². The summed E-state index contributed by atoms with van der Waals surface area (Å²) in [6.45, 7) is 1.86. The van der Waals surface area contributed by atoms with E-state index in [0.717, 1.165) is 62.1 Å². The number of hydrogen-bond donors (Lipinski definition) is 6. The second-order valence-electron chi connectivity index (χ2n) is 17.1. The number of hydrogen-bond acceptors (Lipinski definition) is 16. The molecule has 2 heterocycles. The first kappa shape index (κ1) is 63.3. The number of unbranched alkanes of at least 4 members (excludes halogenated alkanes) is 12. The molecule has 2 rings (SSSR count). The monoisotopic (exact) mass is 1040 g/mol. The fourth-order valence-electron chi connectivity index (χ4n) is 7.01. The Kier molecular flexibility index (Phi) is 33.7. The molecule has 1 aliphatic heterocycles. The van der Waals surface area contributed by atoms with E-state index in [-0.39, 0.29) is 31.5 Å². The van der Waals surface area contributed by atoms with Crippen molar-refractivity contribution in [2.24, 2.45) is 0 Å². The van der Waals surface area contributed by atoms with Gasteiger partial charge in [-0.25, -0.2) is 13.9 Å².